The molecule has 0 amide bonds. The van der Waals surface area contributed by atoms with Crippen molar-refractivity contribution in [2.24, 2.45) is 0 Å². The first-order chi connectivity index (χ1) is 15.3. The minimum Gasteiger partial charge on any atom is -0.496 e. The SMILES string of the molecule is COc1cc(C)cc2occ(-c3ccc(OCC=C(C)C)c(OCC=C(C)C)c3)c(=O)c12. The normalized spacial score (nSPS) is 10.6. The van der Waals surface area contributed by atoms with Crippen molar-refractivity contribution < 1.29 is 18.6 Å². The van der Waals surface area contributed by atoms with Gasteiger partial charge in [-0.15, -0.1) is 0 Å². The monoisotopic (exact) mass is 434 g/mol. The first-order valence-corrected chi connectivity index (χ1v) is 10.6. The number of hydrogen-bond donors (Lipinski definition) is 0. The molecule has 32 heavy (non-hydrogen) atoms. The molecule has 5 heteroatoms. The smallest absolute Gasteiger partial charge is 0.204 e. The highest BCUT2D eigenvalue weighted by Crippen LogP contribution is 2.34. The quantitative estimate of drug-likeness (QED) is 0.381. The topological polar surface area (TPSA) is 57.9 Å². The standard InChI is InChI=1S/C27H30O5/c1-17(2)9-11-30-22-8-7-20(15-23(22)31-12-10-18(3)4)21-16-32-25-14-19(5)13-24(29-6)26(25)27(21)28/h7-10,13-16H,11-12H2,1-6H3. The number of ether oxygens (including phenoxy) is 3. The van der Waals surface area contributed by atoms with Crippen LogP contribution in [0.25, 0.3) is 22.1 Å². The lowest BCUT2D eigenvalue weighted by atomic mass is 10.0. The molecule has 5 nitrogen and oxygen atoms in total. The van der Waals surface area contributed by atoms with Crippen molar-refractivity contribution in [2.75, 3.05) is 20.3 Å². The van der Waals surface area contributed by atoms with Crippen LogP contribution >= 0.6 is 0 Å². The highest BCUT2D eigenvalue weighted by molar-refractivity contribution is 5.88. The van der Waals surface area contributed by atoms with Crippen LogP contribution in [0.5, 0.6) is 17.2 Å². The van der Waals surface area contributed by atoms with Gasteiger partial charge in [0.15, 0.2) is 11.5 Å². The van der Waals surface area contributed by atoms with Crippen molar-refractivity contribution in [3.05, 3.63) is 75.7 Å². The molecule has 0 atom stereocenters. The van der Waals surface area contributed by atoms with Gasteiger partial charge >= 0.3 is 0 Å². The van der Waals surface area contributed by atoms with Gasteiger partial charge in [0.05, 0.1) is 12.7 Å². The Hall–Kier alpha value is -3.47. The van der Waals surface area contributed by atoms with E-state index in [1.807, 2.05) is 77.1 Å². The van der Waals surface area contributed by atoms with Crippen molar-refractivity contribution in [1.29, 1.82) is 0 Å². The molecule has 0 spiro atoms. The van der Waals surface area contributed by atoms with Crippen LogP contribution in [0, 0.1) is 6.92 Å². The fraction of sp³-hybridized carbons (Fsp3) is 0.296. The summed E-state index contributed by atoms with van der Waals surface area (Å²) in [5.41, 5.74) is 4.75. The number of aryl methyl sites for hydroxylation is 1. The van der Waals surface area contributed by atoms with Crippen molar-refractivity contribution in [1.82, 2.24) is 0 Å². The molecule has 0 aliphatic rings. The highest BCUT2D eigenvalue weighted by atomic mass is 16.5. The Morgan fingerprint density at radius 2 is 1.56 bits per heavy atom. The molecule has 0 fully saturated rings. The van der Waals surface area contributed by atoms with E-state index in [2.05, 4.69) is 0 Å². The molecule has 0 N–H and O–H groups in total. The van der Waals surface area contributed by atoms with Gasteiger partial charge in [0, 0.05) is 0 Å². The largest absolute Gasteiger partial charge is 0.496 e. The average Bonchev–Trinajstić information content (AvgIpc) is 2.73. The van der Waals surface area contributed by atoms with Gasteiger partial charge in [-0.05, 0) is 82.2 Å². The van der Waals surface area contributed by atoms with E-state index in [1.165, 1.54) is 11.8 Å². The number of methoxy groups -OCH3 is 1. The van der Waals surface area contributed by atoms with Crippen LogP contribution in [0.3, 0.4) is 0 Å². The van der Waals surface area contributed by atoms with Gasteiger partial charge < -0.3 is 18.6 Å². The second kappa shape index (κ2) is 10.2. The van der Waals surface area contributed by atoms with Crippen molar-refractivity contribution in [3.8, 4) is 28.4 Å². The highest BCUT2D eigenvalue weighted by Gasteiger charge is 2.16. The molecule has 168 valence electrons. The first-order valence-electron chi connectivity index (χ1n) is 10.6. The summed E-state index contributed by atoms with van der Waals surface area (Å²) in [4.78, 5) is 13.3. The Morgan fingerprint density at radius 1 is 0.906 bits per heavy atom. The molecule has 2 aromatic carbocycles. The molecule has 0 unspecified atom stereocenters. The van der Waals surface area contributed by atoms with E-state index >= 15 is 0 Å². The molecule has 1 heterocycles. The zero-order chi connectivity index (χ0) is 23.3. The summed E-state index contributed by atoms with van der Waals surface area (Å²) >= 11 is 0. The number of rotatable bonds is 8. The predicted octanol–water partition coefficient (Wildman–Crippen LogP) is 6.47. The van der Waals surface area contributed by atoms with E-state index in [4.69, 9.17) is 18.6 Å². The van der Waals surface area contributed by atoms with Gasteiger partial charge in [-0.25, -0.2) is 0 Å². The van der Waals surface area contributed by atoms with Crippen LogP contribution in [0.1, 0.15) is 33.3 Å². The summed E-state index contributed by atoms with van der Waals surface area (Å²) in [5.74, 6) is 1.68. The summed E-state index contributed by atoms with van der Waals surface area (Å²) in [7, 11) is 1.55. The third-order valence-electron chi connectivity index (χ3n) is 4.92. The fourth-order valence-electron chi connectivity index (χ4n) is 3.21. The van der Waals surface area contributed by atoms with Gasteiger partial charge in [0.2, 0.25) is 5.43 Å². The fourth-order valence-corrected chi connectivity index (χ4v) is 3.21. The van der Waals surface area contributed by atoms with Crippen LogP contribution in [0.15, 0.2) is 69.1 Å². The maximum absolute atomic E-state index is 13.3. The molecule has 0 saturated carbocycles. The lowest BCUT2D eigenvalue weighted by molar-refractivity contribution is 0.307. The predicted molar refractivity (Wildman–Crippen MR) is 129 cm³/mol. The summed E-state index contributed by atoms with van der Waals surface area (Å²) in [6, 6.07) is 9.14. The minimum absolute atomic E-state index is 0.156. The van der Waals surface area contributed by atoms with Crippen LogP contribution in [-0.4, -0.2) is 20.3 Å². The Balaban J connectivity index is 2.07. The maximum atomic E-state index is 13.3. The lowest BCUT2D eigenvalue weighted by Gasteiger charge is -2.13. The Bertz CT molecular complexity index is 1220. The van der Waals surface area contributed by atoms with Crippen molar-refractivity contribution in [2.45, 2.75) is 34.6 Å². The third kappa shape index (κ3) is 5.41. The Kier molecular flexibility index (Phi) is 7.41. The van der Waals surface area contributed by atoms with Gasteiger partial charge in [0.1, 0.15) is 36.2 Å². The number of allylic oxidation sites excluding steroid dienone is 2. The van der Waals surface area contributed by atoms with Gasteiger partial charge in [-0.1, -0.05) is 17.2 Å². The van der Waals surface area contributed by atoms with E-state index in [0.29, 0.717) is 52.6 Å². The van der Waals surface area contributed by atoms with E-state index in [1.54, 1.807) is 7.11 Å². The number of hydrogen-bond acceptors (Lipinski definition) is 5. The molecule has 0 aliphatic carbocycles. The molecular formula is C27H30O5. The molecule has 0 aliphatic heterocycles. The second-order valence-electron chi connectivity index (χ2n) is 8.17. The van der Waals surface area contributed by atoms with Gasteiger partial charge in [0.25, 0.3) is 0 Å². The van der Waals surface area contributed by atoms with E-state index in [-0.39, 0.29) is 5.43 Å². The van der Waals surface area contributed by atoms with Crippen LogP contribution < -0.4 is 19.6 Å². The molecular weight excluding hydrogens is 404 g/mol. The van der Waals surface area contributed by atoms with E-state index in [9.17, 15) is 4.79 Å². The number of fused-ring (bicyclic) bond motifs is 1. The van der Waals surface area contributed by atoms with Gasteiger partial charge in [-0.3, -0.25) is 4.79 Å². The number of benzene rings is 2. The van der Waals surface area contributed by atoms with Crippen molar-refractivity contribution >= 4 is 11.0 Å². The minimum atomic E-state index is -0.156. The van der Waals surface area contributed by atoms with Crippen molar-refractivity contribution in [3.63, 3.8) is 0 Å². The lowest BCUT2D eigenvalue weighted by Crippen LogP contribution is -2.07. The Labute approximate surface area is 188 Å². The summed E-state index contributed by atoms with van der Waals surface area (Å²) < 4.78 is 23.1. The Morgan fingerprint density at radius 3 is 2.19 bits per heavy atom. The summed E-state index contributed by atoms with van der Waals surface area (Å²) in [5, 5.41) is 0.423. The first kappa shape index (κ1) is 23.2. The second-order valence-corrected chi connectivity index (χ2v) is 8.17. The molecule has 3 rings (SSSR count). The van der Waals surface area contributed by atoms with Gasteiger partial charge in [-0.2, -0.15) is 0 Å². The maximum Gasteiger partial charge on any atom is 0.204 e. The molecule has 0 saturated heterocycles. The molecule has 0 bridgehead atoms. The van der Waals surface area contributed by atoms with Crippen LogP contribution in [-0.2, 0) is 0 Å². The summed E-state index contributed by atoms with van der Waals surface area (Å²) in [6.45, 7) is 10.9. The average molecular weight is 435 g/mol. The summed E-state index contributed by atoms with van der Waals surface area (Å²) in [6.07, 6.45) is 5.48. The van der Waals surface area contributed by atoms with Crippen LogP contribution in [0.2, 0.25) is 0 Å². The third-order valence-corrected chi connectivity index (χ3v) is 4.92. The van der Waals surface area contributed by atoms with Crippen LogP contribution in [0.4, 0.5) is 0 Å². The molecule has 1 aromatic heterocycles. The zero-order valence-electron chi connectivity index (χ0n) is 19.6. The van der Waals surface area contributed by atoms with E-state index in [0.717, 1.165) is 11.1 Å². The van der Waals surface area contributed by atoms with E-state index < -0.39 is 0 Å². The molecule has 0 radical (unpaired) electrons. The molecule has 3 aromatic rings. The zero-order valence-corrected chi connectivity index (χ0v) is 19.6.